The van der Waals surface area contributed by atoms with Crippen LogP contribution in [0.15, 0.2) is 24.5 Å². The number of pyridine rings is 2. The summed E-state index contributed by atoms with van der Waals surface area (Å²) < 4.78 is 0. The summed E-state index contributed by atoms with van der Waals surface area (Å²) in [5, 5.41) is 1.15. The monoisotopic (exact) mass is 394 g/mol. The zero-order valence-corrected chi connectivity index (χ0v) is 17.9. The smallest absolute Gasteiger partial charge is 0.135 e. The molecule has 1 aliphatic carbocycles. The minimum Gasteiger partial charge on any atom is -0.369 e. The van der Waals surface area contributed by atoms with Gasteiger partial charge in [-0.15, -0.1) is 0 Å². The molecule has 1 aliphatic heterocycles. The number of rotatable bonds is 5. The van der Waals surface area contributed by atoms with Crippen LogP contribution in [0.1, 0.15) is 64.0 Å². The first-order valence-electron chi connectivity index (χ1n) is 11.2. The van der Waals surface area contributed by atoms with Gasteiger partial charge < -0.3 is 10.6 Å². The number of nitrogens with two attached hydrogens (primary N) is 1. The van der Waals surface area contributed by atoms with E-state index in [1.807, 2.05) is 25.4 Å². The molecule has 29 heavy (non-hydrogen) atoms. The number of ketones is 1. The Morgan fingerprint density at radius 3 is 2.83 bits per heavy atom. The normalized spacial score (nSPS) is 24.6. The van der Waals surface area contributed by atoms with Crippen molar-refractivity contribution in [1.82, 2.24) is 9.97 Å². The SMILES string of the molecule is Cc1ncc(N2C[C@@H](C)C[C@@H](CC(=O)CC3(N)CCCCC3)C2)c2cccnc12. The van der Waals surface area contributed by atoms with Crippen LogP contribution in [-0.4, -0.2) is 34.4 Å². The van der Waals surface area contributed by atoms with Crippen LogP contribution in [0.25, 0.3) is 10.9 Å². The molecule has 0 amide bonds. The van der Waals surface area contributed by atoms with E-state index in [1.165, 1.54) is 19.3 Å². The van der Waals surface area contributed by atoms with Crippen molar-refractivity contribution in [2.75, 3.05) is 18.0 Å². The summed E-state index contributed by atoms with van der Waals surface area (Å²) >= 11 is 0. The first-order chi connectivity index (χ1) is 13.9. The highest BCUT2D eigenvalue weighted by Crippen LogP contribution is 2.34. The van der Waals surface area contributed by atoms with Crippen molar-refractivity contribution in [2.45, 2.75) is 70.8 Å². The predicted molar refractivity (Wildman–Crippen MR) is 118 cm³/mol. The van der Waals surface area contributed by atoms with Gasteiger partial charge in [-0.3, -0.25) is 14.8 Å². The number of aryl methyl sites for hydroxylation is 1. The number of carbonyl (C=O) groups is 1. The van der Waals surface area contributed by atoms with E-state index in [4.69, 9.17) is 5.73 Å². The van der Waals surface area contributed by atoms with Gasteiger partial charge >= 0.3 is 0 Å². The molecular formula is C24H34N4O. The molecule has 2 aliphatic rings. The lowest BCUT2D eigenvalue weighted by atomic mass is 9.77. The van der Waals surface area contributed by atoms with Gasteiger partial charge in [0.25, 0.3) is 0 Å². The standard InChI is InChI=1S/C24H34N4O/c1-17-11-19(12-20(29)13-24(25)8-4-3-5-9-24)16-28(15-17)22-14-27-18(2)23-21(22)7-6-10-26-23/h6-7,10,14,17,19H,3-5,8-9,11-13,15-16,25H2,1-2H3/t17-,19-/m0/s1. The molecule has 4 rings (SSSR count). The average molecular weight is 395 g/mol. The fourth-order valence-electron chi connectivity index (χ4n) is 5.49. The lowest BCUT2D eigenvalue weighted by Crippen LogP contribution is -2.45. The molecule has 0 unspecified atom stereocenters. The van der Waals surface area contributed by atoms with Crippen LogP contribution in [0.2, 0.25) is 0 Å². The second kappa shape index (κ2) is 8.39. The van der Waals surface area contributed by atoms with Crippen LogP contribution in [-0.2, 0) is 4.79 Å². The third kappa shape index (κ3) is 4.61. The van der Waals surface area contributed by atoms with E-state index in [0.717, 1.165) is 54.6 Å². The number of fused-ring (bicyclic) bond motifs is 1. The molecular weight excluding hydrogens is 360 g/mol. The summed E-state index contributed by atoms with van der Waals surface area (Å²) in [6.45, 7) is 6.20. The van der Waals surface area contributed by atoms with Crippen LogP contribution in [0.3, 0.4) is 0 Å². The minimum absolute atomic E-state index is 0.252. The van der Waals surface area contributed by atoms with Crippen molar-refractivity contribution < 1.29 is 4.79 Å². The number of Topliss-reactive ketones (excluding diaryl/α,β-unsaturated/α-hetero) is 1. The zero-order chi connectivity index (χ0) is 20.4. The Labute approximate surface area is 174 Å². The molecule has 2 aromatic rings. The summed E-state index contributed by atoms with van der Waals surface area (Å²) in [6, 6.07) is 4.12. The lowest BCUT2D eigenvalue weighted by Gasteiger charge is -2.39. The van der Waals surface area contributed by atoms with Crippen LogP contribution in [0.5, 0.6) is 0 Å². The van der Waals surface area contributed by atoms with E-state index in [1.54, 1.807) is 0 Å². The van der Waals surface area contributed by atoms with E-state index in [0.29, 0.717) is 30.5 Å². The minimum atomic E-state index is -0.252. The van der Waals surface area contributed by atoms with Crippen molar-refractivity contribution in [3.8, 4) is 0 Å². The molecule has 1 saturated carbocycles. The summed E-state index contributed by atoms with van der Waals surface area (Å²) in [4.78, 5) is 24.4. The van der Waals surface area contributed by atoms with Gasteiger partial charge in [0.2, 0.25) is 0 Å². The molecule has 2 atom stereocenters. The van der Waals surface area contributed by atoms with Crippen LogP contribution in [0, 0.1) is 18.8 Å². The Morgan fingerprint density at radius 1 is 1.24 bits per heavy atom. The molecule has 2 aromatic heterocycles. The van der Waals surface area contributed by atoms with Crippen LogP contribution < -0.4 is 10.6 Å². The molecule has 0 aromatic carbocycles. The second-order valence-corrected chi connectivity index (χ2v) is 9.58. The Bertz CT molecular complexity index is 874. The number of carbonyl (C=O) groups excluding carboxylic acids is 1. The number of anilines is 1. The number of aromatic nitrogens is 2. The Morgan fingerprint density at radius 2 is 2.03 bits per heavy atom. The van der Waals surface area contributed by atoms with Gasteiger partial charge in [0.1, 0.15) is 5.78 Å². The average Bonchev–Trinajstić information content (AvgIpc) is 2.68. The van der Waals surface area contributed by atoms with Crippen molar-refractivity contribution in [3.63, 3.8) is 0 Å². The molecule has 0 spiro atoms. The molecule has 0 bridgehead atoms. The summed E-state index contributed by atoms with van der Waals surface area (Å²) in [6.07, 6.45) is 11.7. The highest BCUT2D eigenvalue weighted by Gasteiger charge is 2.32. The van der Waals surface area contributed by atoms with Crippen LogP contribution >= 0.6 is 0 Å². The number of hydrogen-bond acceptors (Lipinski definition) is 5. The zero-order valence-electron chi connectivity index (χ0n) is 17.9. The number of piperidine rings is 1. The largest absolute Gasteiger partial charge is 0.369 e. The van der Waals surface area contributed by atoms with E-state index >= 15 is 0 Å². The van der Waals surface area contributed by atoms with E-state index in [-0.39, 0.29) is 5.54 Å². The van der Waals surface area contributed by atoms with Gasteiger partial charge in [-0.25, -0.2) is 0 Å². The first kappa shape index (κ1) is 20.3. The van der Waals surface area contributed by atoms with Gasteiger partial charge in [-0.1, -0.05) is 26.2 Å². The number of hydrogen-bond donors (Lipinski definition) is 1. The van der Waals surface area contributed by atoms with Gasteiger partial charge in [0.05, 0.1) is 23.1 Å². The quantitative estimate of drug-likeness (QED) is 0.813. The third-order valence-corrected chi connectivity index (χ3v) is 6.81. The maximum Gasteiger partial charge on any atom is 0.135 e. The number of nitrogens with zero attached hydrogens (tertiary/aromatic N) is 3. The Balaban J connectivity index is 1.47. The maximum atomic E-state index is 12.9. The molecule has 1 saturated heterocycles. The lowest BCUT2D eigenvalue weighted by molar-refractivity contribution is -0.121. The second-order valence-electron chi connectivity index (χ2n) is 9.58. The van der Waals surface area contributed by atoms with Gasteiger partial charge in [-0.2, -0.15) is 0 Å². The van der Waals surface area contributed by atoms with Gasteiger partial charge in [0.15, 0.2) is 0 Å². The Hall–Kier alpha value is -2.01. The molecule has 0 radical (unpaired) electrons. The van der Waals surface area contributed by atoms with Crippen molar-refractivity contribution in [3.05, 3.63) is 30.2 Å². The summed E-state index contributed by atoms with van der Waals surface area (Å²) in [5.74, 6) is 1.28. The Kier molecular flexibility index (Phi) is 5.86. The van der Waals surface area contributed by atoms with Crippen LogP contribution in [0.4, 0.5) is 5.69 Å². The highest BCUT2D eigenvalue weighted by molar-refractivity contribution is 5.92. The fourth-order valence-corrected chi connectivity index (χ4v) is 5.49. The summed E-state index contributed by atoms with van der Waals surface area (Å²) in [7, 11) is 0. The summed E-state index contributed by atoms with van der Waals surface area (Å²) in [5.41, 5.74) is 9.36. The van der Waals surface area contributed by atoms with Gasteiger partial charge in [0, 0.05) is 43.1 Å². The molecule has 3 heterocycles. The van der Waals surface area contributed by atoms with Crippen molar-refractivity contribution in [2.24, 2.45) is 17.6 Å². The van der Waals surface area contributed by atoms with E-state index in [2.05, 4.69) is 27.9 Å². The van der Waals surface area contributed by atoms with Gasteiger partial charge in [-0.05, 0) is 50.2 Å². The van der Waals surface area contributed by atoms with E-state index < -0.39 is 0 Å². The molecule has 5 heteroatoms. The topological polar surface area (TPSA) is 72.1 Å². The maximum absolute atomic E-state index is 12.9. The van der Waals surface area contributed by atoms with Crippen molar-refractivity contribution in [1.29, 1.82) is 0 Å². The van der Waals surface area contributed by atoms with Crippen molar-refractivity contribution >= 4 is 22.4 Å². The predicted octanol–water partition coefficient (Wildman–Crippen LogP) is 4.41. The molecule has 2 N–H and O–H groups in total. The van der Waals surface area contributed by atoms with E-state index in [9.17, 15) is 4.79 Å². The molecule has 5 nitrogen and oxygen atoms in total. The third-order valence-electron chi connectivity index (χ3n) is 6.81. The molecule has 2 fully saturated rings. The molecule has 156 valence electrons. The fraction of sp³-hybridized carbons (Fsp3) is 0.625. The first-order valence-corrected chi connectivity index (χ1v) is 11.2. The highest BCUT2D eigenvalue weighted by atomic mass is 16.1.